The summed E-state index contributed by atoms with van der Waals surface area (Å²) in [7, 11) is 1.64. The average Bonchev–Trinajstić information content (AvgIpc) is 2.69. The zero-order valence-corrected chi connectivity index (χ0v) is 11.9. The maximum absolute atomic E-state index is 10.7. The number of hydrogen-bond acceptors (Lipinski definition) is 3. The van der Waals surface area contributed by atoms with Crippen molar-refractivity contribution in [3.05, 3.63) is 47.0 Å². The summed E-state index contributed by atoms with van der Waals surface area (Å²) >= 11 is 0. The Morgan fingerprint density at radius 3 is 2.80 bits per heavy atom. The Morgan fingerprint density at radius 1 is 1.40 bits per heavy atom. The molecule has 0 aliphatic carbocycles. The van der Waals surface area contributed by atoms with Crippen LogP contribution in [0.4, 0.5) is 0 Å². The van der Waals surface area contributed by atoms with Crippen molar-refractivity contribution in [1.82, 2.24) is 9.55 Å². The molecule has 2 rings (SSSR count). The van der Waals surface area contributed by atoms with Gasteiger partial charge in [0.05, 0.1) is 25.8 Å². The minimum atomic E-state index is -0.872. The largest absolute Gasteiger partial charge is 0.496 e. The number of carboxylic acids is 1. The van der Waals surface area contributed by atoms with E-state index in [9.17, 15) is 4.79 Å². The van der Waals surface area contributed by atoms with E-state index in [1.165, 1.54) is 0 Å². The lowest BCUT2D eigenvalue weighted by Gasteiger charge is -2.11. The van der Waals surface area contributed by atoms with E-state index in [1.807, 2.05) is 30.5 Å². The molecule has 1 aromatic heterocycles. The highest BCUT2D eigenvalue weighted by atomic mass is 16.5. The number of aryl methyl sites for hydroxylation is 2. The first-order chi connectivity index (χ1) is 9.49. The monoisotopic (exact) mass is 274 g/mol. The third-order valence-corrected chi connectivity index (χ3v) is 3.13. The highest BCUT2D eigenvalue weighted by molar-refractivity contribution is 5.69. The van der Waals surface area contributed by atoms with Gasteiger partial charge < -0.3 is 14.4 Å². The van der Waals surface area contributed by atoms with Crippen molar-refractivity contribution >= 4 is 5.97 Å². The van der Waals surface area contributed by atoms with Crippen LogP contribution >= 0.6 is 0 Å². The number of imidazole rings is 1. The van der Waals surface area contributed by atoms with Crippen molar-refractivity contribution in [3.63, 3.8) is 0 Å². The fraction of sp³-hybridized carbons (Fsp3) is 0.333. The van der Waals surface area contributed by atoms with Crippen molar-refractivity contribution in [2.24, 2.45) is 0 Å². The molecule has 0 saturated heterocycles. The molecule has 2 aromatic rings. The predicted octanol–water partition coefficient (Wildman–Crippen LogP) is 2.18. The van der Waals surface area contributed by atoms with E-state index in [0.717, 1.165) is 22.7 Å². The van der Waals surface area contributed by atoms with Gasteiger partial charge in [-0.15, -0.1) is 0 Å². The first-order valence-corrected chi connectivity index (χ1v) is 6.37. The first-order valence-electron chi connectivity index (χ1n) is 6.37. The predicted molar refractivity (Wildman–Crippen MR) is 75.1 cm³/mol. The normalized spacial score (nSPS) is 10.6. The number of aliphatic carboxylic acids is 1. The number of carbonyl (C=O) groups is 1. The summed E-state index contributed by atoms with van der Waals surface area (Å²) in [6, 6.07) is 6.00. The number of methoxy groups -OCH3 is 1. The van der Waals surface area contributed by atoms with Gasteiger partial charge >= 0.3 is 5.97 Å². The molecule has 0 amide bonds. The van der Waals surface area contributed by atoms with Crippen LogP contribution in [0.5, 0.6) is 5.75 Å². The molecule has 0 radical (unpaired) electrons. The van der Waals surface area contributed by atoms with Gasteiger partial charge in [0.2, 0.25) is 0 Å². The van der Waals surface area contributed by atoms with Gasteiger partial charge in [-0.05, 0) is 19.9 Å². The molecule has 20 heavy (non-hydrogen) atoms. The maximum Gasteiger partial charge on any atom is 0.309 e. The van der Waals surface area contributed by atoms with Gasteiger partial charge in [0.1, 0.15) is 11.6 Å². The average molecular weight is 274 g/mol. The van der Waals surface area contributed by atoms with Gasteiger partial charge in [-0.2, -0.15) is 0 Å². The fourth-order valence-electron chi connectivity index (χ4n) is 2.19. The Labute approximate surface area is 117 Å². The molecule has 106 valence electrons. The van der Waals surface area contributed by atoms with Crippen molar-refractivity contribution in [2.75, 3.05) is 7.11 Å². The van der Waals surface area contributed by atoms with Crippen molar-refractivity contribution in [2.45, 2.75) is 26.8 Å². The molecule has 0 atom stereocenters. The van der Waals surface area contributed by atoms with Gasteiger partial charge in [-0.1, -0.05) is 17.7 Å². The van der Waals surface area contributed by atoms with E-state index < -0.39 is 5.97 Å². The van der Waals surface area contributed by atoms with E-state index >= 15 is 0 Å². The zero-order chi connectivity index (χ0) is 14.7. The van der Waals surface area contributed by atoms with Gasteiger partial charge in [-0.3, -0.25) is 4.79 Å². The smallest absolute Gasteiger partial charge is 0.309 e. The van der Waals surface area contributed by atoms with Gasteiger partial charge in [0.25, 0.3) is 0 Å². The Bertz CT molecular complexity index is 632. The van der Waals surface area contributed by atoms with Crippen LogP contribution in [0.2, 0.25) is 0 Å². The van der Waals surface area contributed by atoms with E-state index in [0.29, 0.717) is 12.2 Å². The summed E-state index contributed by atoms with van der Waals surface area (Å²) in [4.78, 5) is 15.0. The number of ether oxygens (including phenoxy) is 1. The van der Waals surface area contributed by atoms with E-state index in [1.54, 1.807) is 13.3 Å². The summed E-state index contributed by atoms with van der Waals surface area (Å²) < 4.78 is 7.30. The Morgan fingerprint density at radius 2 is 2.15 bits per heavy atom. The minimum Gasteiger partial charge on any atom is -0.496 e. The van der Waals surface area contributed by atoms with Gasteiger partial charge in [-0.25, -0.2) is 4.98 Å². The molecule has 5 heteroatoms. The molecular weight excluding hydrogens is 256 g/mol. The molecule has 1 heterocycles. The van der Waals surface area contributed by atoms with Crippen LogP contribution in [0.3, 0.4) is 0 Å². The number of aromatic nitrogens is 2. The van der Waals surface area contributed by atoms with E-state index in [2.05, 4.69) is 11.1 Å². The minimum absolute atomic E-state index is 0.0568. The number of benzene rings is 1. The Kier molecular flexibility index (Phi) is 4.08. The summed E-state index contributed by atoms with van der Waals surface area (Å²) in [6.45, 7) is 4.51. The van der Waals surface area contributed by atoms with Crippen LogP contribution in [0.1, 0.15) is 22.6 Å². The molecule has 0 aliphatic heterocycles. The second kappa shape index (κ2) is 5.77. The third kappa shape index (κ3) is 3.17. The molecule has 0 aliphatic rings. The molecule has 0 unspecified atom stereocenters. The SMILES string of the molecule is COc1ccc(C)cc1Cn1cc(CC(=O)O)nc1C. The second-order valence-electron chi connectivity index (χ2n) is 4.79. The van der Waals surface area contributed by atoms with Gasteiger partial charge in [0, 0.05) is 11.8 Å². The van der Waals surface area contributed by atoms with Gasteiger partial charge in [0.15, 0.2) is 0 Å². The first kappa shape index (κ1) is 14.1. The van der Waals surface area contributed by atoms with Crippen LogP contribution in [-0.2, 0) is 17.8 Å². The molecule has 0 saturated carbocycles. The van der Waals surface area contributed by atoms with Crippen LogP contribution in [0, 0.1) is 13.8 Å². The van der Waals surface area contributed by atoms with Crippen LogP contribution in [0.25, 0.3) is 0 Å². The Hall–Kier alpha value is -2.30. The van der Waals surface area contributed by atoms with Crippen molar-refractivity contribution in [1.29, 1.82) is 0 Å². The van der Waals surface area contributed by atoms with Crippen molar-refractivity contribution < 1.29 is 14.6 Å². The highest BCUT2D eigenvalue weighted by Crippen LogP contribution is 2.21. The molecule has 0 fully saturated rings. The van der Waals surface area contributed by atoms with E-state index in [-0.39, 0.29) is 6.42 Å². The number of hydrogen-bond donors (Lipinski definition) is 1. The van der Waals surface area contributed by atoms with E-state index in [4.69, 9.17) is 9.84 Å². The maximum atomic E-state index is 10.7. The standard InChI is InChI=1S/C15H18N2O3/c1-10-4-5-14(20-3)12(6-10)8-17-9-13(7-15(18)19)16-11(17)2/h4-6,9H,7-8H2,1-3H3,(H,18,19). The number of rotatable bonds is 5. The van der Waals surface area contributed by atoms with Crippen LogP contribution in [0.15, 0.2) is 24.4 Å². The lowest BCUT2D eigenvalue weighted by Crippen LogP contribution is -2.03. The molecule has 5 nitrogen and oxygen atoms in total. The summed E-state index contributed by atoms with van der Waals surface area (Å²) in [5.74, 6) is 0.746. The fourth-order valence-corrected chi connectivity index (χ4v) is 2.19. The molecule has 1 N–H and O–H groups in total. The number of carboxylic acid groups (broad SMARTS) is 1. The topological polar surface area (TPSA) is 64.3 Å². The summed E-state index contributed by atoms with van der Waals surface area (Å²) in [6.07, 6.45) is 1.73. The second-order valence-corrected chi connectivity index (χ2v) is 4.79. The highest BCUT2D eigenvalue weighted by Gasteiger charge is 2.10. The molecule has 1 aromatic carbocycles. The number of nitrogens with zero attached hydrogens (tertiary/aromatic N) is 2. The zero-order valence-electron chi connectivity index (χ0n) is 11.9. The Balaban J connectivity index is 2.28. The molecular formula is C15H18N2O3. The molecule has 0 spiro atoms. The summed E-state index contributed by atoms with van der Waals surface area (Å²) in [5, 5.41) is 8.81. The lowest BCUT2D eigenvalue weighted by molar-refractivity contribution is -0.136. The molecule has 0 bridgehead atoms. The lowest BCUT2D eigenvalue weighted by atomic mass is 10.1. The van der Waals surface area contributed by atoms with Crippen LogP contribution < -0.4 is 4.74 Å². The van der Waals surface area contributed by atoms with Crippen LogP contribution in [-0.4, -0.2) is 27.7 Å². The summed E-state index contributed by atoms with van der Waals surface area (Å²) in [5.41, 5.74) is 2.78. The third-order valence-electron chi connectivity index (χ3n) is 3.13. The van der Waals surface area contributed by atoms with Crippen molar-refractivity contribution in [3.8, 4) is 5.75 Å². The quantitative estimate of drug-likeness (QED) is 0.907.